The maximum Gasteiger partial charge on any atom is 0.260 e. The number of carbonyl (C=O) groups is 3. The fourth-order valence-corrected chi connectivity index (χ4v) is 3.83. The topological polar surface area (TPSA) is 88.2 Å². The summed E-state index contributed by atoms with van der Waals surface area (Å²) in [6, 6.07) is 16.7. The molecule has 1 N–H and O–H groups in total. The van der Waals surface area contributed by atoms with Crippen LogP contribution < -0.4 is 15.0 Å². The smallest absolute Gasteiger partial charge is 0.260 e. The Morgan fingerprint density at radius 2 is 1.75 bits per heavy atom. The average molecular weight is 437 g/mol. The molecule has 2 fully saturated rings. The van der Waals surface area contributed by atoms with Gasteiger partial charge in [-0.05, 0) is 29.8 Å². The molecule has 2 heterocycles. The molecule has 2 aliphatic rings. The Kier molecular flexibility index (Phi) is 7.01. The molecule has 0 aliphatic carbocycles. The molecule has 8 heteroatoms. The van der Waals surface area contributed by atoms with Gasteiger partial charge >= 0.3 is 0 Å². The Bertz CT molecular complexity index is 942. The van der Waals surface area contributed by atoms with Crippen LogP contribution in [-0.4, -0.2) is 62.1 Å². The van der Waals surface area contributed by atoms with Gasteiger partial charge in [-0.25, -0.2) is 0 Å². The Morgan fingerprint density at radius 1 is 1.03 bits per heavy atom. The molecule has 0 saturated carbocycles. The van der Waals surface area contributed by atoms with E-state index in [4.69, 9.17) is 9.47 Å². The highest BCUT2D eigenvalue weighted by atomic mass is 16.5. The Hall–Kier alpha value is -3.39. The second-order valence-electron chi connectivity index (χ2n) is 7.88. The lowest BCUT2D eigenvalue weighted by molar-refractivity contribution is -0.137. The van der Waals surface area contributed by atoms with Crippen molar-refractivity contribution in [2.24, 2.45) is 5.92 Å². The largest absolute Gasteiger partial charge is 0.484 e. The molecule has 2 aromatic rings. The number of nitrogens with one attached hydrogen (secondary N) is 1. The van der Waals surface area contributed by atoms with Crippen molar-refractivity contribution in [1.82, 2.24) is 10.2 Å². The highest BCUT2D eigenvalue weighted by Gasteiger charge is 2.35. The number of ether oxygens (including phenoxy) is 2. The first-order valence-electron chi connectivity index (χ1n) is 10.8. The summed E-state index contributed by atoms with van der Waals surface area (Å²) in [6.45, 7) is 3.02. The van der Waals surface area contributed by atoms with Gasteiger partial charge in [-0.15, -0.1) is 0 Å². The van der Waals surface area contributed by atoms with Crippen molar-refractivity contribution in [3.05, 3.63) is 60.2 Å². The molecule has 4 rings (SSSR count). The van der Waals surface area contributed by atoms with E-state index in [1.165, 1.54) is 0 Å². The molecule has 2 aliphatic heterocycles. The van der Waals surface area contributed by atoms with Crippen molar-refractivity contribution in [3.8, 4) is 5.75 Å². The Morgan fingerprint density at radius 3 is 2.47 bits per heavy atom. The van der Waals surface area contributed by atoms with Crippen molar-refractivity contribution in [3.63, 3.8) is 0 Å². The van der Waals surface area contributed by atoms with Crippen LogP contribution in [0.2, 0.25) is 0 Å². The molecular formula is C24H27N3O5. The molecule has 3 amide bonds. The maximum absolute atomic E-state index is 12.5. The molecule has 0 radical (unpaired) electrons. The highest BCUT2D eigenvalue weighted by molar-refractivity contribution is 6.00. The zero-order valence-electron chi connectivity index (χ0n) is 17.9. The van der Waals surface area contributed by atoms with E-state index in [-0.39, 0.29) is 36.7 Å². The summed E-state index contributed by atoms with van der Waals surface area (Å²) in [4.78, 5) is 40.5. The first kappa shape index (κ1) is 21.8. The van der Waals surface area contributed by atoms with E-state index in [0.717, 1.165) is 5.56 Å². The first-order chi connectivity index (χ1) is 15.6. The molecule has 0 unspecified atom stereocenters. The van der Waals surface area contributed by atoms with Crippen LogP contribution in [0.4, 0.5) is 5.69 Å². The van der Waals surface area contributed by atoms with Crippen molar-refractivity contribution in [2.75, 3.05) is 44.4 Å². The van der Waals surface area contributed by atoms with Gasteiger partial charge in [0.05, 0.1) is 19.1 Å². The minimum Gasteiger partial charge on any atom is -0.484 e. The SMILES string of the molecule is O=C(NCc1ccccc1)[C@H]1CC(=O)N(c2ccc(OCC(=O)N3CCOCC3)cc2)C1. The number of anilines is 1. The van der Waals surface area contributed by atoms with Crippen LogP contribution >= 0.6 is 0 Å². The number of nitrogens with zero attached hydrogens (tertiary/aromatic N) is 2. The summed E-state index contributed by atoms with van der Waals surface area (Å²) < 4.78 is 10.8. The summed E-state index contributed by atoms with van der Waals surface area (Å²) in [6.07, 6.45) is 0.187. The summed E-state index contributed by atoms with van der Waals surface area (Å²) in [5, 5.41) is 2.92. The molecule has 2 saturated heterocycles. The molecule has 0 spiro atoms. The van der Waals surface area contributed by atoms with Crippen LogP contribution in [-0.2, 0) is 25.7 Å². The fraction of sp³-hybridized carbons (Fsp3) is 0.375. The van der Waals surface area contributed by atoms with Crippen molar-refractivity contribution in [2.45, 2.75) is 13.0 Å². The zero-order chi connectivity index (χ0) is 22.3. The summed E-state index contributed by atoms with van der Waals surface area (Å²) >= 11 is 0. The predicted octanol–water partition coefficient (Wildman–Crippen LogP) is 1.59. The van der Waals surface area contributed by atoms with E-state index >= 15 is 0 Å². The standard InChI is InChI=1S/C24H27N3O5/c28-22-14-19(24(30)25-15-18-4-2-1-3-5-18)16-27(22)20-6-8-21(9-7-20)32-17-23(29)26-10-12-31-13-11-26/h1-9,19H,10-17H2,(H,25,30)/t19-/m0/s1. The van der Waals surface area contributed by atoms with Crippen molar-refractivity contribution in [1.29, 1.82) is 0 Å². The number of carbonyl (C=O) groups excluding carboxylic acids is 3. The normalized spacial score (nSPS) is 18.5. The van der Waals surface area contributed by atoms with Gasteiger partial charge < -0.3 is 24.6 Å². The quantitative estimate of drug-likeness (QED) is 0.711. The lowest BCUT2D eigenvalue weighted by atomic mass is 10.1. The zero-order valence-corrected chi connectivity index (χ0v) is 17.9. The number of amides is 3. The predicted molar refractivity (Wildman–Crippen MR) is 118 cm³/mol. The van der Waals surface area contributed by atoms with Crippen LogP contribution in [0.1, 0.15) is 12.0 Å². The Labute approximate surface area is 187 Å². The number of hydrogen-bond acceptors (Lipinski definition) is 5. The summed E-state index contributed by atoms with van der Waals surface area (Å²) in [7, 11) is 0. The number of benzene rings is 2. The van der Waals surface area contributed by atoms with E-state index in [0.29, 0.717) is 50.8 Å². The van der Waals surface area contributed by atoms with Gasteiger partial charge in [0.15, 0.2) is 6.61 Å². The lowest BCUT2D eigenvalue weighted by Gasteiger charge is -2.26. The molecule has 0 aromatic heterocycles. The molecule has 8 nitrogen and oxygen atoms in total. The molecule has 1 atom stereocenters. The molecule has 168 valence electrons. The Balaban J connectivity index is 1.27. The summed E-state index contributed by atoms with van der Waals surface area (Å²) in [5.74, 6) is -0.101. The third kappa shape index (κ3) is 5.45. The van der Waals surface area contributed by atoms with Crippen LogP contribution in [0.3, 0.4) is 0 Å². The fourth-order valence-electron chi connectivity index (χ4n) is 3.83. The maximum atomic E-state index is 12.5. The molecule has 0 bridgehead atoms. The minimum atomic E-state index is -0.381. The first-order valence-corrected chi connectivity index (χ1v) is 10.8. The number of hydrogen-bond donors (Lipinski definition) is 1. The number of rotatable bonds is 7. The van der Waals surface area contributed by atoms with E-state index < -0.39 is 0 Å². The second-order valence-corrected chi connectivity index (χ2v) is 7.88. The minimum absolute atomic E-state index is 0.0361. The average Bonchev–Trinajstić information content (AvgIpc) is 3.24. The van der Waals surface area contributed by atoms with Crippen molar-refractivity contribution >= 4 is 23.4 Å². The lowest BCUT2D eigenvalue weighted by Crippen LogP contribution is -2.42. The van der Waals surface area contributed by atoms with E-state index in [9.17, 15) is 14.4 Å². The second kappa shape index (κ2) is 10.3. The molecule has 2 aromatic carbocycles. The molecule has 32 heavy (non-hydrogen) atoms. The van der Waals surface area contributed by atoms with Gasteiger partial charge in [0, 0.05) is 38.3 Å². The van der Waals surface area contributed by atoms with Crippen LogP contribution in [0.25, 0.3) is 0 Å². The van der Waals surface area contributed by atoms with Gasteiger partial charge in [0.1, 0.15) is 5.75 Å². The van der Waals surface area contributed by atoms with Gasteiger partial charge in [-0.2, -0.15) is 0 Å². The third-order valence-electron chi connectivity index (χ3n) is 5.68. The van der Waals surface area contributed by atoms with Gasteiger partial charge in [-0.3, -0.25) is 14.4 Å². The van der Waals surface area contributed by atoms with Gasteiger partial charge in [-0.1, -0.05) is 30.3 Å². The molecular weight excluding hydrogens is 410 g/mol. The van der Waals surface area contributed by atoms with Gasteiger partial charge in [0.25, 0.3) is 5.91 Å². The summed E-state index contributed by atoms with van der Waals surface area (Å²) in [5.41, 5.74) is 1.73. The van der Waals surface area contributed by atoms with Gasteiger partial charge in [0.2, 0.25) is 11.8 Å². The third-order valence-corrected chi connectivity index (χ3v) is 5.68. The van der Waals surface area contributed by atoms with Crippen LogP contribution in [0, 0.1) is 5.92 Å². The van der Waals surface area contributed by atoms with Crippen molar-refractivity contribution < 1.29 is 23.9 Å². The monoisotopic (exact) mass is 437 g/mol. The van der Waals surface area contributed by atoms with E-state index in [2.05, 4.69) is 5.32 Å². The van der Waals surface area contributed by atoms with E-state index in [1.807, 2.05) is 30.3 Å². The van der Waals surface area contributed by atoms with E-state index in [1.54, 1.807) is 34.1 Å². The van der Waals surface area contributed by atoms with Crippen LogP contribution in [0.5, 0.6) is 5.75 Å². The highest BCUT2D eigenvalue weighted by Crippen LogP contribution is 2.27. The number of morpholine rings is 1. The van der Waals surface area contributed by atoms with Crippen LogP contribution in [0.15, 0.2) is 54.6 Å².